The van der Waals surface area contributed by atoms with Crippen molar-refractivity contribution in [2.45, 2.75) is 39.7 Å². The predicted octanol–water partition coefficient (Wildman–Crippen LogP) is 1.72. The number of amidine groups is 1. The standard InChI is InChI=1S/C12H23N3OS/c1-4-10-7-8-17-12(14-10)13-9-11(16)15(5-2)6-3/h10H,4-9H2,1-3H3,(H,13,14). The van der Waals surface area contributed by atoms with Crippen LogP contribution in [0, 0.1) is 0 Å². The van der Waals surface area contributed by atoms with Crippen LogP contribution in [0.15, 0.2) is 4.99 Å². The van der Waals surface area contributed by atoms with Gasteiger partial charge in [0.2, 0.25) is 5.91 Å². The van der Waals surface area contributed by atoms with Crippen molar-refractivity contribution in [2.75, 3.05) is 25.4 Å². The van der Waals surface area contributed by atoms with Crippen molar-refractivity contribution in [2.24, 2.45) is 4.99 Å². The van der Waals surface area contributed by atoms with Gasteiger partial charge in [-0.2, -0.15) is 0 Å². The summed E-state index contributed by atoms with van der Waals surface area (Å²) in [5.74, 6) is 1.22. The Morgan fingerprint density at radius 1 is 1.47 bits per heavy atom. The van der Waals surface area contributed by atoms with Crippen molar-refractivity contribution < 1.29 is 4.79 Å². The Kier molecular flexibility index (Phi) is 6.40. The lowest BCUT2D eigenvalue weighted by Crippen LogP contribution is -2.38. The fourth-order valence-electron chi connectivity index (χ4n) is 1.80. The third-order valence-electron chi connectivity index (χ3n) is 3.00. The first-order valence-corrected chi connectivity index (χ1v) is 7.41. The number of likely N-dealkylation sites (N-methyl/N-ethyl adjacent to an activating group) is 1. The number of amides is 1. The Hall–Kier alpha value is -0.710. The van der Waals surface area contributed by atoms with Crippen molar-refractivity contribution in [3.8, 4) is 0 Å². The van der Waals surface area contributed by atoms with Crippen LogP contribution in [0.5, 0.6) is 0 Å². The molecule has 0 spiro atoms. The van der Waals surface area contributed by atoms with Crippen LogP contribution < -0.4 is 5.32 Å². The Labute approximate surface area is 108 Å². The summed E-state index contributed by atoms with van der Waals surface area (Å²) in [5, 5.41) is 4.31. The van der Waals surface area contributed by atoms with E-state index in [1.165, 1.54) is 6.42 Å². The molecule has 0 saturated carbocycles. The summed E-state index contributed by atoms with van der Waals surface area (Å²) in [6.07, 6.45) is 2.30. The summed E-state index contributed by atoms with van der Waals surface area (Å²) in [6.45, 7) is 7.96. The maximum atomic E-state index is 11.8. The molecule has 1 aliphatic heterocycles. The molecule has 1 unspecified atom stereocenters. The van der Waals surface area contributed by atoms with Gasteiger partial charge >= 0.3 is 0 Å². The lowest BCUT2D eigenvalue weighted by atomic mass is 10.2. The van der Waals surface area contributed by atoms with E-state index >= 15 is 0 Å². The zero-order chi connectivity index (χ0) is 12.7. The number of rotatable bonds is 5. The number of nitrogens with zero attached hydrogens (tertiary/aromatic N) is 2. The van der Waals surface area contributed by atoms with Crippen LogP contribution >= 0.6 is 11.8 Å². The Balaban J connectivity index is 2.44. The summed E-state index contributed by atoms with van der Waals surface area (Å²) in [4.78, 5) is 18.0. The largest absolute Gasteiger partial charge is 0.362 e. The van der Waals surface area contributed by atoms with Gasteiger partial charge in [-0.15, -0.1) is 0 Å². The molecule has 0 aliphatic carbocycles. The number of carbonyl (C=O) groups is 1. The van der Waals surface area contributed by atoms with E-state index in [2.05, 4.69) is 17.2 Å². The minimum absolute atomic E-state index is 0.114. The highest BCUT2D eigenvalue weighted by Crippen LogP contribution is 2.15. The molecule has 1 aliphatic rings. The van der Waals surface area contributed by atoms with E-state index in [9.17, 15) is 4.79 Å². The molecule has 4 nitrogen and oxygen atoms in total. The minimum atomic E-state index is 0.114. The first-order chi connectivity index (χ1) is 8.21. The molecule has 17 heavy (non-hydrogen) atoms. The highest BCUT2D eigenvalue weighted by Gasteiger charge is 2.16. The number of nitrogens with one attached hydrogen (secondary N) is 1. The van der Waals surface area contributed by atoms with E-state index in [0.29, 0.717) is 6.04 Å². The van der Waals surface area contributed by atoms with E-state index in [-0.39, 0.29) is 12.5 Å². The Bertz CT molecular complexity index is 277. The lowest BCUT2D eigenvalue weighted by Gasteiger charge is -2.24. The van der Waals surface area contributed by atoms with Gasteiger partial charge in [-0.05, 0) is 26.7 Å². The highest BCUT2D eigenvalue weighted by atomic mass is 32.2. The van der Waals surface area contributed by atoms with E-state index in [1.54, 1.807) is 11.8 Å². The molecular formula is C12H23N3OS. The first-order valence-electron chi connectivity index (χ1n) is 6.42. The van der Waals surface area contributed by atoms with Crippen LogP contribution in [0.4, 0.5) is 0 Å². The molecule has 5 heteroatoms. The van der Waals surface area contributed by atoms with Gasteiger partial charge in [0.25, 0.3) is 0 Å². The van der Waals surface area contributed by atoms with Crippen LogP contribution in [-0.2, 0) is 4.79 Å². The summed E-state index contributed by atoms with van der Waals surface area (Å²) in [5.41, 5.74) is 0. The molecule has 1 amide bonds. The molecule has 0 aromatic rings. The molecule has 98 valence electrons. The van der Waals surface area contributed by atoms with Gasteiger partial charge < -0.3 is 10.2 Å². The number of carbonyl (C=O) groups excluding carboxylic acids is 1. The molecule has 0 aromatic heterocycles. The topological polar surface area (TPSA) is 44.7 Å². The molecule has 1 atom stereocenters. The second kappa shape index (κ2) is 7.58. The number of hydrogen-bond acceptors (Lipinski definition) is 3. The van der Waals surface area contributed by atoms with Crippen LogP contribution in [0.25, 0.3) is 0 Å². The molecular weight excluding hydrogens is 234 g/mol. The number of hydrogen-bond donors (Lipinski definition) is 1. The van der Waals surface area contributed by atoms with Crippen molar-refractivity contribution in [3.63, 3.8) is 0 Å². The molecule has 1 rings (SSSR count). The normalized spacial score (nSPS) is 22.3. The molecule has 0 radical (unpaired) electrons. The second-order valence-electron chi connectivity index (χ2n) is 4.07. The van der Waals surface area contributed by atoms with Gasteiger partial charge in [0.1, 0.15) is 6.54 Å². The number of aliphatic imine (C=N–C) groups is 1. The average Bonchev–Trinajstić information content (AvgIpc) is 2.38. The summed E-state index contributed by atoms with van der Waals surface area (Å²) < 4.78 is 0. The third-order valence-corrected chi connectivity index (χ3v) is 3.96. The molecule has 0 aromatic carbocycles. The van der Waals surface area contributed by atoms with Gasteiger partial charge in [-0.3, -0.25) is 9.79 Å². The maximum Gasteiger partial charge on any atom is 0.244 e. The van der Waals surface area contributed by atoms with Gasteiger partial charge in [0.15, 0.2) is 5.17 Å². The number of thioether (sulfide) groups is 1. The molecule has 1 heterocycles. The van der Waals surface area contributed by atoms with Crippen LogP contribution in [0.1, 0.15) is 33.6 Å². The van der Waals surface area contributed by atoms with E-state index in [1.807, 2.05) is 18.7 Å². The maximum absolute atomic E-state index is 11.8. The summed E-state index contributed by atoms with van der Waals surface area (Å²) in [7, 11) is 0. The molecule has 1 saturated heterocycles. The monoisotopic (exact) mass is 257 g/mol. The van der Waals surface area contributed by atoms with Gasteiger partial charge in [0, 0.05) is 24.9 Å². The zero-order valence-corrected chi connectivity index (χ0v) is 11.8. The van der Waals surface area contributed by atoms with Crippen LogP contribution in [0.2, 0.25) is 0 Å². The second-order valence-corrected chi connectivity index (χ2v) is 5.16. The molecule has 0 bridgehead atoms. The quantitative estimate of drug-likeness (QED) is 0.815. The minimum Gasteiger partial charge on any atom is -0.362 e. The van der Waals surface area contributed by atoms with E-state index in [4.69, 9.17) is 0 Å². The van der Waals surface area contributed by atoms with Crippen molar-refractivity contribution in [3.05, 3.63) is 0 Å². The van der Waals surface area contributed by atoms with Gasteiger partial charge in [-0.25, -0.2) is 0 Å². The van der Waals surface area contributed by atoms with Crippen molar-refractivity contribution in [1.82, 2.24) is 10.2 Å². The summed E-state index contributed by atoms with van der Waals surface area (Å²) in [6, 6.07) is 0.526. The van der Waals surface area contributed by atoms with Crippen molar-refractivity contribution in [1.29, 1.82) is 0 Å². The Morgan fingerprint density at radius 3 is 2.76 bits per heavy atom. The molecule has 1 fully saturated rings. The van der Waals surface area contributed by atoms with Crippen LogP contribution in [0.3, 0.4) is 0 Å². The average molecular weight is 257 g/mol. The predicted molar refractivity (Wildman–Crippen MR) is 74.5 cm³/mol. The van der Waals surface area contributed by atoms with E-state index < -0.39 is 0 Å². The zero-order valence-electron chi connectivity index (χ0n) is 11.0. The van der Waals surface area contributed by atoms with E-state index in [0.717, 1.165) is 30.4 Å². The fourth-order valence-corrected chi connectivity index (χ4v) is 2.80. The lowest BCUT2D eigenvalue weighted by molar-refractivity contribution is -0.129. The third kappa shape index (κ3) is 4.58. The van der Waals surface area contributed by atoms with Gasteiger partial charge in [0.05, 0.1) is 0 Å². The Morgan fingerprint density at radius 2 is 2.18 bits per heavy atom. The first kappa shape index (κ1) is 14.4. The van der Waals surface area contributed by atoms with Crippen LogP contribution in [-0.4, -0.2) is 47.4 Å². The summed E-state index contributed by atoms with van der Waals surface area (Å²) >= 11 is 1.72. The smallest absolute Gasteiger partial charge is 0.244 e. The molecule has 1 N–H and O–H groups in total. The van der Waals surface area contributed by atoms with Crippen molar-refractivity contribution >= 4 is 22.8 Å². The SMILES string of the molecule is CCC1CCSC(=NCC(=O)N(CC)CC)N1. The van der Waals surface area contributed by atoms with Gasteiger partial charge in [-0.1, -0.05) is 18.7 Å². The fraction of sp³-hybridized carbons (Fsp3) is 0.833. The highest BCUT2D eigenvalue weighted by molar-refractivity contribution is 8.13.